The Hall–Kier alpha value is -3.13. The molecule has 34 heavy (non-hydrogen) atoms. The molecule has 0 saturated carbocycles. The number of aliphatic carboxylic acids is 1. The van der Waals surface area contributed by atoms with E-state index < -0.39 is 29.4 Å². The number of ether oxygens (including phenoxy) is 1. The van der Waals surface area contributed by atoms with Crippen LogP contribution in [0.5, 0.6) is 5.75 Å². The van der Waals surface area contributed by atoms with Crippen LogP contribution in [0.3, 0.4) is 0 Å². The van der Waals surface area contributed by atoms with Crippen LogP contribution in [0.2, 0.25) is 0 Å². The Bertz CT molecular complexity index is 1240. The average molecular weight is 470 g/mol. The number of carbonyl (C=O) groups is 1. The van der Waals surface area contributed by atoms with E-state index in [0.29, 0.717) is 36.6 Å². The minimum absolute atomic E-state index is 0.142. The molecule has 1 atom stereocenters. The fourth-order valence-corrected chi connectivity index (χ4v) is 5.31. The van der Waals surface area contributed by atoms with Crippen molar-refractivity contribution in [3.8, 4) is 5.75 Å². The molecule has 0 radical (unpaired) electrons. The molecule has 8 heteroatoms. The summed E-state index contributed by atoms with van der Waals surface area (Å²) in [5.41, 5.74) is 2.42. The van der Waals surface area contributed by atoms with Gasteiger partial charge in [-0.15, -0.1) is 0 Å². The summed E-state index contributed by atoms with van der Waals surface area (Å²) in [6.07, 6.45) is 0.734. The zero-order valence-corrected chi connectivity index (χ0v) is 19.6. The van der Waals surface area contributed by atoms with E-state index >= 15 is 4.39 Å². The molecule has 0 amide bonds. The van der Waals surface area contributed by atoms with Gasteiger partial charge in [0.1, 0.15) is 17.2 Å². The van der Waals surface area contributed by atoms with Crippen LogP contribution in [0.1, 0.15) is 36.7 Å². The van der Waals surface area contributed by atoms with Crippen LogP contribution in [0.25, 0.3) is 10.9 Å². The maximum Gasteiger partial charge on any atom is 0.310 e. The van der Waals surface area contributed by atoms with Crippen molar-refractivity contribution in [3.05, 3.63) is 59.0 Å². The second-order valence-electron chi connectivity index (χ2n) is 9.89. The highest BCUT2D eigenvalue weighted by atomic mass is 19.1. The van der Waals surface area contributed by atoms with Crippen LogP contribution in [-0.4, -0.2) is 59.9 Å². The molecule has 0 bridgehead atoms. The molecule has 1 fully saturated rings. The molecular weight excluding hydrogens is 440 g/mol. The number of carboxylic acids is 1. The van der Waals surface area contributed by atoms with Crippen molar-refractivity contribution in [1.29, 1.82) is 0 Å². The second kappa shape index (κ2) is 8.27. The third-order valence-corrected chi connectivity index (χ3v) is 6.88. The van der Waals surface area contributed by atoms with E-state index in [4.69, 9.17) is 4.74 Å². The van der Waals surface area contributed by atoms with Gasteiger partial charge in [0.2, 0.25) is 0 Å². The molecule has 180 valence electrons. The zero-order chi connectivity index (χ0) is 24.2. The first-order valence-corrected chi connectivity index (χ1v) is 11.5. The molecule has 0 spiro atoms. The topological polar surface area (TPSA) is 68.8 Å². The molecule has 6 nitrogen and oxygen atoms in total. The molecule has 1 unspecified atom stereocenters. The number of alkyl halides is 1. The summed E-state index contributed by atoms with van der Waals surface area (Å²) in [6.45, 7) is 4.45. The molecular formula is C26H29F2N3O3. The smallest absolute Gasteiger partial charge is 0.310 e. The van der Waals surface area contributed by atoms with Crippen LogP contribution in [0, 0.1) is 11.7 Å². The zero-order valence-electron chi connectivity index (χ0n) is 19.6. The SMILES string of the molecule is COc1cc(N2CC(C(=O)O)C2)cc(F)c1C1c2[nH]c3ccccc3c2CCN1CC(C)(C)F. The number of halogens is 2. The first-order chi connectivity index (χ1) is 16.2. The molecule has 0 aliphatic carbocycles. The minimum Gasteiger partial charge on any atom is -0.496 e. The number of nitrogens with one attached hydrogen (secondary N) is 1. The normalized spacial score (nSPS) is 19.2. The van der Waals surface area contributed by atoms with Gasteiger partial charge in [-0.25, -0.2) is 8.78 Å². The van der Waals surface area contributed by atoms with Gasteiger partial charge in [-0.05, 0) is 38.0 Å². The van der Waals surface area contributed by atoms with E-state index in [-0.39, 0.29) is 6.54 Å². The standard InChI is InChI=1S/C26H29F2N3O3/c1-26(2,28)14-30-9-8-18-17-6-4-5-7-20(17)29-23(18)24(30)22-19(27)10-16(11-21(22)34-3)31-12-15(13-31)25(32)33/h4-7,10-11,15,24,29H,8-9,12-14H2,1-3H3,(H,32,33). The number of benzene rings is 2. The number of H-pyrrole nitrogens is 1. The summed E-state index contributed by atoms with van der Waals surface area (Å²) >= 11 is 0. The minimum atomic E-state index is -1.46. The van der Waals surface area contributed by atoms with E-state index in [9.17, 15) is 14.3 Å². The number of aromatic amines is 1. The lowest BCUT2D eigenvalue weighted by Gasteiger charge is -2.40. The quantitative estimate of drug-likeness (QED) is 0.555. The molecule has 1 saturated heterocycles. The number of fused-ring (bicyclic) bond motifs is 3. The van der Waals surface area contributed by atoms with E-state index in [0.717, 1.165) is 28.6 Å². The first kappa shape index (κ1) is 22.7. The fourth-order valence-electron chi connectivity index (χ4n) is 5.31. The molecule has 1 aromatic heterocycles. The molecule has 3 aromatic rings. The predicted octanol–water partition coefficient (Wildman–Crippen LogP) is 4.53. The van der Waals surface area contributed by atoms with Gasteiger partial charge in [0.15, 0.2) is 0 Å². The van der Waals surface area contributed by atoms with Crippen molar-refractivity contribution < 1.29 is 23.4 Å². The van der Waals surface area contributed by atoms with Crippen molar-refractivity contribution in [2.24, 2.45) is 5.92 Å². The predicted molar refractivity (Wildman–Crippen MR) is 127 cm³/mol. The van der Waals surface area contributed by atoms with E-state index in [2.05, 4.69) is 11.1 Å². The third-order valence-electron chi connectivity index (χ3n) is 6.88. The molecule has 2 aromatic carbocycles. The lowest BCUT2D eigenvalue weighted by molar-refractivity contribution is -0.142. The molecule has 2 aliphatic heterocycles. The fraction of sp³-hybridized carbons (Fsp3) is 0.423. The van der Waals surface area contributed by atoms with Gasteiger partial charge in [0, 0.05) is 54.5 Å². The largest absolute Gasteiger partial charge is 0.496 e. The summed E-state index contributed by atoms with van der Waals surface area (Å²) in [6, 6.07) is 10.6. The van der Waals surface area contributed by atoms with Crippen LogP contribution in [-0.2, 0) is 11.2 Å². The van der Waals surface area contributed by atoms with Crippen molar-refractivity contribution >= 4 is 22.6 Å². The Morgan fingerprint density at radius 2 is 2.00 bits per heavy atom. The molecule has 3 heterocycles. The van der Waals surface area contributed by atoms with E-state index in [1.54, 1.807) is 6.07 Å². The Morgan fingerprint density at radius 1 is 1.26 bits per heavy atom. The molecule has 5 rings (SSSR count). The van der Waals surface area contributed by atoms with Crippen molar-refractivity contribution in [3.63, 3.8) is 0 Å². The lowest BCUT2D eigenvalue weighted by Crippen LogP contribution is -2.50. The Balaban J connectivity index is 1.61. The van der Waals surface area contributed by atoms with Gasteiger partial charge >= 0.3 is 5.97 Å². The highest BCUT2D eigenvalue weighted by Gasteiger charge is 2.39. The van der Waals surface area contributed by atoms with Crippen molar-refractivity contribution in [1.82, 2.24) is 9.88 Å². The van der Waals surface area contributed by atoms with Gasteiger partial charge in [-0.2, -0.15) is 0 Å². The summed E-state index contributed by atoms with van der Waals surface area (Å²) in [4.78, 5) is 18.5. The van der Waals surface area contributed by atoms with Crippen molar-refractivity contribution in [2.75, 3.05) is 38.2 Å². The second-order valence-corrected chi connectivity index (χ2v) is 9.89. The van der Waals surface area contributed by atoms with Crippen LogP contribution in [0.15, 0.2) is 36.4 Å². The number of aromatic nitrogens is 1. The Kier molecular flexibility index (Phi) is 5.51. The number of hydrogen-bond donors (Lipinski definition) is 2. The number of methoxy groups -OCH3 is 1. The summed E-state index contributed by atoms with van der Waals surface area (Å²) in [5.74, 6) is -1.39. The summed E-state index contributed by atoms with van der Waals surface area (Å²) in [5, 5.41) is 10.3. The average Bonchev–Trinajstić information content (AvgIpc) is 3.10. The summed E-state index contributed by atoms with van der Waals surface area (Å²) in [7, 11) is 1.50. The maximum absolute atomic E-state index is 15.9. The van der Waals surface area contributed by atoms with E-state index in [1.807, 2.05) is 28.0 Å². The van der Waals surface area contributed by atoms with Crippen LogP contribution < -0.4 is 9.64 Å². The van der Waals surface area contributed by atoms with Crippen molar-refractivity contribution in [2.45, 2.75) is 32.0 Å². The molecule has 2 N–H and O–H groups in total. The lowest BCUT2D eigenvalue weighted by atomic mass is 9.90. The van der Waals surface area contributed by atoms with Crippen LogP contribution in [0.4, 0.5) is 14.5 Å². The number of nitrogens with zero attached hydrogens (tertiary/aromatic N) is 2. The van der Waals surface area contributed by atoms with Gasteiger partial charge in [0.25, 0.3) is 0 Å². The maximum atomic E-state index is 15.9. The van der Waals surface area contributed by atoms with Gasteiger partial charge < -0.3 is 19.7 Å². The number of anilines is 1. The number of hydrogen-bond acceptors (Lipinski definition) is 4. The third kappa shape index (κ3) is 3.90. The highest BCUT2D eigenvalue weighted by Crippen LogP contribution is 2.45. The first-order valence-electron chi connectivity index (χ1n) is 11.5. The number of para-hydroxylation sites is 1. The number of carboxylic acid groups (broad SMARTS) is 1. The molecule has 2 aliphatic rings. The van der Waals surface area contributed by atoms with E-state index in [1.165, 1.54) is 27.0 Å². The van der Waals surface area contributed by atoms with Gasteiger partial charge in [-0.1, -0.05) is 18.2 Å². The Morgan fingerprint density at radius 3 is 2.68 bits per heavy atom. The van der Waals surface area contributed by atoms with Gasteiger partial charge in [-0.3, -0.25) is 9.69 Å². The van der Waals surface area contributed by atoms with Crippen LogP contribution >= 0.6 is 0 Å². The Labute approximate surface area is 197 Å². The number of rotatable bonds is 6. The summed E-state index contributed by atoms with van der Waals surface area (Å²) < 4.78 is 36.3. The van der Waals surface area contributed by atoms with Gasteiger partial charge in [0.05, 0.1) is 24.6 Å². The monoisotopic (exact) mass is 469 g/mol. The highest BCUT2D eigenvalue weighted by molar-refractivity contribution is 5.85.